The first-order valence-corrected chi connectivity index (χ1v) is 8.09. The first-order chi connectivity index (χ1) is 12.1. The van der Waals surface area contributed by atoms with Gasteiger partial charge in [0.15, 0.2) is 0 Å². The summed E-state index contributed by atoms with van der Waals surface area (Å²) in [6.45, 7) is 2.38. The Labute approximate surface area is 147 Å². The van der Waals surface area contributed by atoms with Crippen LogP contribution in [0.5, 0.6) is 0 Å². The smallest absolute Gasteiger partial charge is 0.262 e. The molecule has 25 heavy (non-hydrogen) atoms. The highest BCUT2D eigenvalue weighted by Gasteiger charge is 2.14. The van der Waals surface area contributed by atoms with Gasteiger partial charge in [0.2, 0.25) is 0 Å². The number of carbonyl (C=O) groups excluding carboxylic acids is 1. The number of hydrogen-bond acceptors (Lipinski definition) is 2. The van der Waals surface area contributed by atoms with Crippen molar-refractivity contribution in [1.82, 2.24) is 9.88 Å². The molecule has 1 N–H and O–H groups in total. The predicted molar refractivity (Wildman–Crippen MR) is 99.5 cm³/mol. The van der Waals surface area contributed by atoms with Gasteiger partial charge >= 0.3 is 0 Å². The Morgan fingerprint density at radius 2 is 1.84 bits per heavy atom. The van der Waals surface area contributed by atoms with Gasteiger partial charge in [-0.15, -0.1) is 0 Å². The van der Waals surface area contributed by atoms with E-state index in [-0.39, 0.29) is 11.5 Å². The van der Waals surface area contributed by atoms with Crippen LogP contribution in [-0.2, 0) is 18.4 Å². The first-order valence-electron chi connectivity index (χ1n) is 8.09. The molecule has 4 heteroatoms. The number of nitriles is 1. The fourth-order valence-corrected chi connectivity index (χ4v) is 2.90. The van der Waals surface area contributed by atoms with E-state index >= 15 is 0 Å². The van der Waals surface area contributed by atoms with Crippen LogP contribution in [-0.4, -0.2) is 10.5 Å². The molecule has 0 spiro atoms. The molecule has 0 aliphatic rings. The van der Waals surface area contributed by atoms with Crippen molar-refractivity contribution in [2.75, 3.05) is 0 Å². The van der Waals surface area contributed by atoms with Crippen molar-refractivity contribution in [1.29, 1.82) is 5.26 Å². The van der Waals surface area contributed by atoms with Crippen molar-refractivity contribution < 1.29 is 4.79 Å². The second-order valence-corrected chi connectivity index (χ2v) is 5.91. The molecule has 1 aromatic heterocycles. The Kier molecular flexibility index (Phi) is 4.67. The normalized spacial score (nSPS) is 11.3. The lowest BCUT2D eigenvalue weighted by atomic mass is 10.1. The van der Waals surface area contributed by atoms with Crippen LogP contribution in [0.3, 0.4) is 0 Å². The van der Waals surface area contributed by atoms with Gasteiger partial charge in [-0.3, -0.25) is 4.79 Å². The van der Waals surface area contributed by atoms with Crippen LogP contribution < -0.4 is 5.32 Å². The molecule has 0 saturated heterocycles. The van der Waals surface area contributed by atoms with Crippen molar-refractivity contribution in [2.45, 2.75) is 13.5 Å². The van der Waals surface area contributed by atoms with E-state index in [1.807, 2.05) is 74.6 Å². The molecule has 4 nitrogen and oxygen atoms in total. The highest BCUT2D eigenvalue weighted by molar-refractivity contribution is 6.04. The zero-order valence-corrected chi connectivity index (χ0v) is 14.3. The van der Waals surface area contributed by atoms with Crippen molar-refractivity contribution in [3.8, 4) is 6.07 Å². The maximum Gasteiger partial charge on any atom is 0.262 e. The number of hydrogen-bond donors (Lipinski definition) is 1. The Hall–Kier alpha value is -3.32. The number of nitrogens with zero attached hydrogens (tertiary/aromatic N) is 2. The standard InChI is InChI=1S/C21H19N3O/c1-15-19(18-10-6-7-11-20(18)24(15)2)12-17(13-22)21(25)23-14-16-8-4-3-5-9-16/h3-12H,14H2,1-2H3,(H,23,25)/b17-12+. The third-order valence-corrected chi connectivity index (χ3v) is 4.40. The van der Waals surface area contributed by atoms with Gasteiger partial charge in [-0.25, -0.2) is 0 Å². The third kappa shape index (κ3) is 3.31. The molecule has 3 aromatic rings. The zero-order valence-electron chi connectivity index (χ0n) is 14.3. The monoisotopic (exact) mass is 329 g/mol. The molecule has 0 aliphatic heterocycles. The molecule has 1 heterocycles. The summed E-state index contributed by atoms with van der Waals surface area (Å²) < 4.78 is 2.07. The average molecular weight is 329 g/mol. The highest BCUT2D eigenvalue weighted by Crippen LogP contribution is 2.26. The van der Waals surface area contributed by atoms with Gasteiger partial charge in [0.05, 0.1) is 0 Å². The number of nitrogens with one attached hydrogen (secondary N) is 1. The van der Waals surface area contributed by atoms with Crippen LogP contribution in [0.1, 0.15) is 16.8 Å². The maximum atomic E-state index is 12.4. The first kappa shape index (κ1) is 16.5. The van der Waals surface area contributed by atoms with E-state index in [2.05, 4.69) is 9.88 Å². The van der Waals surface area contributed by atoms with Gasteiger partial charge in [0.25, 0.3) is 5.91 Å². The van der Waals surface area contributed by atoms with Crippen molar-refractivity contribution in [3.05, 3.63) is 77.0 Å². The molecule has 0 unspecified atom stereocenters. The van der Waals surface area contributed by atoms with Crippen molar-refractivity contribution >= 4 is 22.9 Å². The van der Waals surface area contributed by atoms with Crippen LogP contribution in [0, 0.1) is 18.3 Å². The van der Waals surface area contributed by atoms with Gasteiger partial charge in [0, 0.05) is 35.8 Å². The van der Waals surface area contributed by atoms with E-state index in [1.165, 1.54) is 0 Å². The summed E-state index contributed by atoms with van der Waals surface area (Å²) in [5.41, 5.74) is 4.10. The number of fused-ring (bicyclic) bond motifs is 1. The second kappa shape index (κ2) is 7.06. The number of aromatic nitrogens is 1. The van der Waals surface area contributed by atoms with E-state index in [0.29, 0.717) is 6.54 Å². The van der Waals surface area contributed by atoms with Gasteiger partial charge in [-0.2, -0.15) is 5.26 Å². The number of benzene rings is 2. The van der Waals surface area contributed by atoms with Crippen LogP contribution in [0.25, 0.3) is 17.0 Å². The molecule has 0 radical (unpaired) electrons. The van der Waals surface area contributed by atoms with Gasteiger partial charge in [-0.1, -0.05) is 48.5 Å². The topological polar surface area (TPSA) is 57.8 Å². The lowest BCUT2D eigenvalue weighted by Crippen LogP contribution is -2.23. The summed E-state index contributed by atoms with van der Waals surface area (Å²) in [7, 11) is 1.98. The predicted octanol–water partition coefficient (Wildman–Crippen LogP) is 3.71. The Balaban J connectivity index is 1.90. The Morgan fingerprint density at radius 1 is 1.16 bits per heavy atom. The number of aryl methyl sites for hydroxylation is 1. The van der Waals surface area contributed by atoms with E-state index in [1.54, 1.807) is 6.08 Å². The molecule has 0 aliphatic carbocycles. The molecule has 0 saturated carbocycles. The number of carbonyl (C=O) groups is 1. The molecule has 0 atom stereocenters. The Morgan fingerprint density at radius 3 is 2.56 bits per heavy atom. The summed E-state index contributed by atoms with van der Waals surface area (Å²) in [5, 5.41) is 13.3. The fraction of sp³-hybridized carbons (Fsp3) is 0.143. The summed E-state index contributed by atoms with van der Waals surface area (Å²) in [5.74, 6) is -0.362. The minimum absolute atomic E-state index is 0.107. The van der Waals surface area contributed by atoms with Gasteiger partial charge in [-0.05, 0) is 24.6 Å². The lowest BCUT2D eigenvalue weighted by molar-refractivity contribution is -0.117. The third-order valence-electron chi connectivity index (χ3n) is 4.40. The minimum Gasteiger partial charge on any atom is -0.347 e. The SMILES string of the molecule is Cc1c(/C=C(\C#N)C(=O)NCc2ccccc2)c2ccccc2n1C. The van der Waals surface area contributed by atoms with Crippen molar-refractivity contribution in [2.24, 2.45) is 7.05 Å². The van der Waals surface area contributed by atoms with Gasteiger partial charge < -0.3 is 9.88 Å². The fourth-order valence-electron chi connectivity index (χ4n) is 2.90. The second-order valence-electron chi connectivity index (χ2n) is 5.91. The zero-order chi connectivity index (χ0) is 17.8. The molecule has 124 valence electrons. The molecular weight excluding hydrogens is 310 g/mol. The highest BCUT2D eigenvalue weighted by atomic mass is 16.1. The summed E-state index contributed by atoms with van der Waals surface area (Å²) in [6.07, 6.45) is 1.68. The van der Waals surface area contributed by atoms with Crippen molar-refractivity contribution in [3.63, 3.8) is 0 Å². The average Bonchev–Trinajstić information content (AvgIpc) is 2.89. The summed E-state index contributed by atoms with van der Waals surface area (Å²) in [4.78, 5) is 12.4. The largest absolute Gasteiger partial charge is 0.347 e. The molecule has 2 aromatic carbocycles. The molecule has 0 fully saturated rings. The van der Waals surface area contributed by atoms with E-state index < -0.39 is 0 Å². The van der Waals surface area contributed by atoms with Crippen LogP contribution >= 0.6 is 0 Å². The Bertz CT molecular complexity index is 991. The minimum atomic E-state index is -0.362. The summed E-state index contributed by atoms with van der Waals surface area (Å²) >= 11 is 0. The quantitative estimate of drug-likeness (QED) is 0.586. The maximum absolute atomic E-state index is 12.4. The van der Waals surface area contributed by atoms with E-state index in [4.69, 9.17) is 0 Å². The molecule has 3 rings (SSSR count). The van der Waals surface area contributed by atoms with E-state index in [9.17, 15) is 10.1 Å². The van der Waals surface area contributed by atoms with Crippen LogP contribution in [0.4, 0.5) is 0 Å². The van der Waals surface area contributed by atoms with Crippen LogP contribution in [0.2, 0.25) is 0 Å². The molecular formula is C21H19N3O. The van der Waals surface area contributed by atoms with Gasteiger partial charge in [0.1, 0.15) is 11.6 Å². The molecule has 0 bridgehead atoms. The number of rotatable bonds is 4. The summed E-state index contributed by atoms with van der Waals surface area (Å²) in [6, 6.07) is 19.6. The lowest BCUT2D eigenvalue weighted by Gasteiger charge is -2.04. The molecule has 1 amide bonds. The number of amides is 1. The number of para-hydroxylation sites is 1. The van der Waals surface area contributed by atoms with Crippen LogP contribution in [0.15, 0.2) is 60.2 Å². The van der Waals surface area contributed by atoms with E-state index in [0.717, 1.165) is 27.7 Å².